The number of hydrogen-bond donors (Lipinski definition) is 3. The number of nitrogens with zero attached hydrogens (tertiary/aromatic N) is 5. The normalized spacial score (nSPS) is 22.8. The average Bonchev–Trinajstić information content (AvgIpc) is 3.61. The van der Waals surface area contributed by atoms with Crippen LogP contribution in [0.5, 0.6) is 0 Å². The predicted octanol–water partition coefficient (Wildman–Crippen LogP) is 5.08. The van der Waals surface area contributed by atoms with E-state index in [1.165, 1.54) is 0 Å². The van der Waals surface area contributed by atoms with Crippen LogP contribution in [0, 0.1) is 0 Å². The van der Waals surface area contributed by atoms with E-state index in [0.29, 0.717) is 28.5 Å². The lowest BCUT2D eigenvalue weighted by molar-refractivity contribution is 0.0691. The van der Waals surface area contributed by atoms with Crippen LogP contribution in [-0.2, 0) is 11.0 Å². The molecule has 10 nitrogen and oxygen atoms in total. The molecule has 2 bridgehead atoms. The number of fused-ring (bicyclic) bond motifs is 4. The van der Waals surface area contributed by atoms with Gasteiger partial charge in [-0.05, 0) is 82.1 Å². The Morgan fingerprint density at radius 2 is 1.77 bits per heavy atom. The van der Waals surface area contributed by atoms with Crippen LogP contribution in [0.3, 0.4) is 0 Å². The summed E-state index contributed by atoms with van der Waals surface area (Å²) in [6.07, 6.45) is 4.85. The van der Waals surface area contributed by atoms with Crippen molar-refractivity contribution in [2.45, 2.75) is 50.1 Å². The maximum absolute atomic E-state index is 12.7. The Hall–Kier alpha value is -4.28. The Morgan fingerprint density at radius 3 is 2.49 bits per heavy atom. The number of aromatic nitrogens is 3. The van der Waals surface area contributed by atoms with Crippen molar-refractivity contribution in [3.05, 3.63) is 83.3 Å². The molecule has 10 heteroatoms. The van der Waals surface area contributed by atoms with Crippen LogP contribution >= 0.6 is 0 Å². The summed E-state index contributed by atoms with van der Waals surface area (Å²) in [6.45, 7) is 7.19. The first kappa shape index (κ1) is 27.5. The highest BCUT2D eigenvalue weighted by molar-refractivity contribution is 6.00. The Labute approximate surface area is 251 Å². The SMILES string of the molecule is CN1C(=O)c2ccc(Nc3cc(N[C@H](CO)c4ccccc4)c(-c4nc(C56CCN(CC5)CC6)no4)cn3)cc2C1(C)C. The van der Waals surface area contributed by atoms with E-state index in [-0.39, 0.29) is 24.0 Å². The van der Waals surface area contributed by atoms with E-state index in [0.717, 1.165) is 61.5 Å². The van der Waals surface area contributed by atoms with Crippen molar-refractivity contribution in [2.24, 2.45) is 0 Å². The van der Waals surface area contributed by atoms with Gasteiger partial charge < -0.3 is 30.1 Å². The minimum atomic E-state index is -0.414. The third-order valence-corrected chi connectivity index (χ3v) is 9.79. The molecule has 0 aliphatic carbocycles. The van der Waals surface area contributed by atoms with Gasteiger partial charge in [-0.15, -0.1) is 0 Å². The number of anilines is 3. The first-order chi connectivity index (χ1) is 20.8. The lowest BCUT2D eigenvalue weighted by Gasteiger charge is -2.46. The van der Waals surface area contributed by atoms with Gasteiger partial charge in [0.15, 0.2) is 5.82 Å². The summed E-state index contributed by atoms with van der Waals surface area (Å²) in [7, 11) is 1.83. The number of pyridine rings is 1. The molecule has 4 aromatic rings. The molecule has 0 saturated carbocycles. The Kier molecular flexibility index (Phi) is 6.70. The zero-order chi connectivity index (χ0) is 29.8. The maximum atomic E-state index is 12.7. The summed E-state index contributed by atoms with van der Waals surface area (Å²) in [6, 6.07) is 17.1. The molecule has 3 fully saturated rings. The Morgan fingerprint density at radius 1 is 1.02 bits per heavy atom. The molecule has 3 N–H and O–H groups in total. The molecule has 0 unspecified atom stereocenters. The van der Waals surface area contributed by atoms with E-state index in [4.69, 9.17) is 14.5 Å². The van der Waals surface area contributed by atoms with Gasteiger partial charge in [-0.3, -0.25) is 4.79 Å². The van der Waals surface area contributed by atoms with Gasteiger partial charge >= 0.3 is 0 Å². The number of carbonyl (C=O) groups is 1. The van der Waals surface area contributed by atoms with Crippen LogP contribution in [0.15, 0.2) is 65.3 Å². The van der Waals surface area contributed by atoms with Gasteiger partial charge in [0.25, 0.3) is 11.8 Å². The molecule has 0 spiro atoms. The third kappa shape index (κ3) is 4.74. The fraction of sp³-hybridized carbons (Fsp3) is 0.394. The Bertz CT molecular complexity index is 1650. The number of benzene rings is 2. The molecular weight excluding hydrogens is 542 g/mol. The van der Waals surface area contributed by atoms with Crippen LogP contribution in [0.4, 0.5) is 17.2 Å². The number of nitrogens with one attached hydrogen (secondary N) is 2. The third-order valence-electron chi connectivity index (χ3n) is 9.79. The number of aliphatic hydroxyl groups excluding tert-OH is 1. The van der Waals surface area contributed by atoms with Crippen molar-refractivity contribution < 1.29 is 14.4 Å². The largest absolute Gasteiger partial charge is 0.394 e. The topological polar surface area (TPSA) is 120 Å². The molecule has 4 aliphatic rings. The highest BCUT2D eigenvalue weighted by Crippen LogP contribution is 2.43. The van der Waals surface area contributed by atoms with Crippen LogP contribution in [0.1, 0.15) is 66.5 Å². The summed E-state index contributed by atoms with van der Waals surface area (Å²) in [5, 5.41) is 21.8. The number of hydrogen-bond acceptors (Lipinski definition) is 9. The van der Waals surface area contributed by atoms with Crippen LogP contribution in [-0.4, -0.2) is 69.2 Å². The predicted molar refractivity (Wildman–Crippen MR) is 164 cm³/mol. The average molecular weight is 580 g/mol. The zero-order valence-corrected chi connectivity index (χ0v) is 24.8. The second kappa shape index (κ2) is 10.5. The van der Waals surface area contributed by atoms with E-state index >= 15 is 0 Å². The Balaban J connectivity index is 1.23. The van der Waals surface area contributed by atoms with Crippen LogP contribution in [0.25, 0.3) is 11.5 Å². The molecule has 2 aromatic carbocycles. The van der Waals surface area contributed by atoms with Gasteiger partial charge in [0.2, 0.25) is 0 Å². The number of rotatable bonds is 8. The molecule has 4 aliphatic heterocycles. The molecule has 222 valence electrons. The quantitative estimate of drug-likeness (QED) is 0.263. The monoisotopic (exact) mass is 579 g/mol. The highest BCUT2D eigenvalue weighted by atomic mass is 16.5. The van der Waals surface area contributed by atoms with E-state index in [9.17, 15) is 9.90 Å². The minimum Gasteiger partial charge on any atom is -0.394 e. The molecule has 1 amide bonds. The van der Waals surface area contributed by atoms with Gasteiger partial charge in [0.05, 0.1) is 29.4 Å². The molecular formula is C33H37N7O3. The van der Waals surface area contributed by atoms with Crippen molar-refractivity contribution in [1.29, 1.82) is 0 Å². The van der Waals surface area contributed by atoms with Gasteiger partial charge in [0, 0.05) is 36.0 Å². The minimum absolute atomic E-state index is 0.0220. The lowest BCUT2D eigenvalue weighted by atomic mass is 9.71. The van der Waals surface area contributed by atoms with Crippen molar-refractivity contribution in [3.8, 4) is 11.5 Å². The molecule has 6 heterocycles. The van der Waals surface area contributed by atoms with Crippen molar-refractivity contribution in [3.63, 3.8) is 0 Å². The van der Waals surface area contributed by atoms with Gasteiger partial charge in [-0.1, -0.05) is 35.5 Å². The number of amides is 1. The van der Waals surface area contributed by atoms with E-state index in [2.05, 4.69) is 20.7 Å². The first-order valence-electron chi connectivity index (χ1n) is 15.0. The number of piperidine rings is 3. The van der Waals surface area contributed by atoms with Crippen LogP contribution in [0.2, 0.25) is 0 Å². The summed E-state index contributed by atoms with van der Waals surface area (Å²) >= 11 is 0. The fourth-order valence-electron chi connectivity index (χ4n) is 6.71. The standard InChI is InChI=1S/C33H37N7O3/c1-32(2)25-17-22(9-10-23(25)30(42)39(32)3)35-28-18-26(36-27(20-41)21-7-5-4-6-8-21)24(19-34-28)29-37-31(38-43-29)33-11-14-40(15-12-33)16-13-33/h4-10,17-19,27,41H,11-16,20H2,1-3H3,(H2,34,35,36)/t27-/m1/s1. The summed E-state index contributed by atoms with van der Waals surface area (Å²) in [5.74, 6) is 1.81. The van der Waals surface area contributed by atoms with Crippen molar-refractivity contribution in [2.75, 3.05) is 43.9 Å². The molecule has 3 saturated heterocycles. The molecule has 43 heavy (non-hydrogen) atoms. The van der Waals surface area contributed by atoms with Gasteiger partial charge in [-0.2, -0.15) is 4.98 Å². The lowest BCUT2D eigenvalue weighted by Crippen LogP contribution is -2.51. The summed E-state index contributed by atoms with van der Waals surface area (Å²) < 4.78 is 5.89. The number of carbonyl (C=O) groups excluding carboxylic acids is 1. The van der Waals surface area contributed by atoms with Gasteiger partial charge in [-0.25, -0.2) is 4.98 Å². The first-order valence-corrected chi connectivity index (χ1v) is 15.0. The second-order valence-electron chi connectivity index (χ2n) is 12.5. The van der Waals surface area contributed by atoms with Crippen molar-refractivity contribution in [1.82, 2.24) is 24.9 Å². The molecule has 1 atom stereocenters. The fourth-order valence-corrected chi connectivity index (χ4v) is 6.71. The van der Waals surface area contributed by atoms with E-state index in [1.807, 2.05) is 75.5 Å². The summed E-state index contributed by atoms with van der Waals surface area (Å²) in [4.78, 5) is 26.6. The van der Waals surface area contributed by atoms with Crippen molar-refractivity contribution >= 4 is 23.1 Å². The zero-order valence-electron chi connectivity index (χ0n) is 24.8. The van der Waals surface area contributed by atoms with Crippen LogP contribution < -0.4 is 10.6 Å². The van der Waals surface area contributed by atoms with E-state index < -0.39 is 5.54 Å². The molecule has 2 aromatic heterocycles. The molecule has 8 rings (SSSR count). The second-order valence-corrected chi connectivity index (χ2v) is 12.5. The highest BCUT2D eigenvalue weighted by Gasteiger charge is 2.44. The maximum Gasteiger partial charge on any atom is 0.261 e. The summed E-state index contributed by atoms with van der Waals surface area (Å²) in [5.41, 5.74) is 4.40. The van der Waals surface area contributed by atoms with Gasteiger partial charge in [0.1, 0.15) is 5.82 Å². The smallest absolute Gasteiger partial charge is 0.261 e. The number of aliphatic hydroxyl groups is 1. The van der Waals surface area contributed by atoms with E-state index in [1.54, 1.807) is 11.1 Å². The molecule has 0 radical (unpaired) electrons.